The topological polar surface area (TPSA) is 101 Å². The molecule has 8 nitrogen and oxygen atoms in total. The van der Waals surface area contributed by atoms with E-state index in [-0.39, 0.29) is 17.8 Å². The summed E-state index contributed by atoms with van der Waals surface area (Å²) in [6.45, 7) is 2.53. The Balaban J connectivity index is 1.88. The number of hydrogen-bond donors (Lipinski definition) is 2. The van der Waals surface area contributed by atoms with Crippen LogP contribution < -0.4 is 5.32 Å². The number of carbonyl (C=O) groups is 1. The van der Waals surface area contributed by atoms with Crippen molar-refractivity contribution in [3.8, 4) is 0 Å². The monoisotopic (exact) mass is 221 g/mol. The minimum absolute atomic E-state index is 0.0393. The quantitative estimate of drug-likeness (QED) is 0.704. The normalized spacial score (nSPS) is 12.3. The van der Waals surface area contributed by atoms with Crippen molar-refractivity contribution in [3.05, 3.63) is 24.5 Å². The van der Waals surface area contributed by atoms with Crippen LogP contribution in [0.2, 0.25) is 0 Å². The number of tetrazole rings is 1. The van der Waals surface area contributed by atoms with Gasteiger partial charge in [0.15, 0.2) is 0 Å². The Morgan fingerprint density at radius 3 is 3.19 bits per heavy atom. The van der Waals surface area contributed by atoms with Gasteiger partial charge in [-0.05, 0) is 12.1 Å². The summed E-state index contributed by atoms with van der Waals surface area (Å²) in [5, 5.41) is 15.5. The lowest BCUT2D eigenvalue weighted by molar-refractivity contribution is 0.0926. The van der Waals surface area contributed by atoms with E-state index >= 15 is 0 Å². The number of carbonyl (C=O) groups excluding carboxylic acids is 1. The second kappa shape index (κ2) is 4.51. The Kier molecular flexibility index (Phi) is 2.90. The molecule has 84 valence electrons. The van der Waals surface area contributed by atoms with Gasteiger partial charge in [-0.1, -0.05) is 0 Å². The Morgan fingerprint density at radius 2 is 2.56 bits per heavy atom. The van der Waals surface area contributed by atoms with Crippen LogP contribution in [-0.2, 0) is 6.54 Å². The molecule has 0 aliphatic heterocycles. The van der Waals surface area contributed by atoms with Gasteiger partial charge in [-0.15, -0.1) is 10.2 Å². The highest BCUT2D eigenvalue weighted by atomic mass is 16.2. The van der Waals surface area contributed by atoms with Crippen molar-refractivity contribution in [1.29, 1.82) is 0 Å². The minimum Gasteiger partial charge on any atom is -0.345 e. The molecule has 0 aliphatic carbocycles. The summed E-state index contributed by atoms with van der Waals surface area (Å²) in [6, 6.07) is -0.0415. The van der Waals surface area contributed by atoms with Crippen molar-refractivity contribution in [2.75, 3.05) is 0 Å². The first kappa shape index (κ1) is 10.3. The zero-order valence-corrected chi connectivity index (χ0v) is 8.66. The van der Waals surface area contributed by atoms with Crippen LogP contribution in [0, 0.1) is 0 Å². The van der Waals surface area contributed by atoms with Crippen molar-refractivity contribution >= 4 is 5.91 Å². The van der Waals surface area contributed by atoms with Crippen molar-refractivity contribution < 1.29 is 4.79 Å². The molecule has 0 saturated carbocycles. The maximum absolute atomic E-state index is 11.5. The van der Waals surface area contributed by atoms with Crippen LogP contribution in [0.15, 0.2) is 18.7 Å². The first-order valence-electron chi connectivity index (χ1n) is 4.76. The van der Waals surface area contributed by atoms with Gasteiger partial charge >= 0.3 is 0 Å². The molecule has 2 aromatic rings. The summed E-state index contributed by atoms with van der Waals surface area (Å²) in [5.74, 6) is -0.307. The Bertz CT molecular complexity index is 435. The third kappa shape index (κ3) is 2.41. The molecule has 1 unspecified atom stereocenters. The van der Waals surface area contributed by atoms with Gasteiger partial charge in [-0.2, -0.15) is 5.21 Å². The van der Waals surface area contributed by atoms with Crippen LogP contribution in [0.25, 0.3) is 0 Å². The van der Waals surface area contributed by atoms with E-state index in [4.69, 9.17) is 0 Å². The van der Waals surface area contributed by atoms with E-state index in [9.17, 15) is 4.79 Å². The van der Waals surface area contributed by atoms with Crippen LogP contribution in [0.5, 0.6) is 0 Å². The van der Waals surface area contributed by atoms with Crippen molar-refractivity contribution in [1.82, 2.24) is 35.5 Å². The maximum atomic E-state index is 11.5. The Labute approximate surface area is 91.1 Å². The summed E-state index contributed by atoms with van der Waals surface area (Å²) < 4.78 is 1.88. The average Bonchev–Trinajstić information content (AvgIpc) is 2.88. The molecule has 16 heavy (non-hydrogen) atoms. The fourth-order valence-corrected chi connectivity index (χ4v) is 1.30. The number of imidazole rings is 1. The van der Waals surface area contributed by atoms with Crippen molar-refractivity contribution in [3.63, 3.8) is 0 Å². The van der Waals surface area contributed by atoms with Crippen molar-refractivity contribution in [2.24, 2.45) is 0 Å². The van der Waals surface area contributed by atoms with Crippen LogP contribution in [0.1, 0.15) is 17.5 Å². The van der Waals surface area contributed by atoms with E-state index < -0.39 is 0 Å². The maximum Gasteiger partial charge on any atom is 0.293 e. The zero-order chi connectivity index (χ0) is 11.4. The van der Waals surface area contributed by atoms with E-state index in [1.165, 1.54) is 0 Å². The first-order valence-corrected chi connectivity index (χ1v) is 4.76. The van der Waals surface area contributed by atoms with Gasteiger partial charge < -0.3 is 9.88 Å². The van der Waals surface area contributed by atoms with E-state index in [2.05, 4.69) is 30.9 Å². The molecule has 2 rings (SSSR count). The molecule has 0 spiro atoms. The van der Waals surface area contributed by atoms with Crippen LogP contribution in [0.4, 0.5) is 0 Å². The number of rotatable bonds is 4. The van der Waals surface area contributed by atoms with E-state index in [1.54, 1.807) is 12.5 Å². The molecule has 0 aromatic carbocycles. The molecule has 2 heterocycles. The lowest BCUT2D eigenvalue weighted by atomic mass is 10.3. The van der Waals surface area contributed by atoms with E-state index in [1.807, 2.05) is 17.7 Å². The van der Waals surface area contributed by atoms with Gasteiger partial charge in [0, 0.05) is 25.0 Å². The largest absolute Gasteiger partial charge is 0.345 e. The number of nitrogens with zero attached hydrogens (tertiary/aromatic N) is 5. The van der Waals surface area contributed by atoms with Gasteiger partial charge in [0.25, 0.3) is 11.7 Å². The average molecular weight is 221 g/mol. The summed E-state index contributed by atoms with van der Waals surface area (Å²) in [6.07, 6.45) is 5.21. The smallest absolute Gasteiger partial charge is 0.293 e. The fraction of sp³-hybridized carbons (Fsp3) is 0.375. The highest BCUT2D eigenvalue weighted by molar-refractivity contribution is 5.90. The standard InChI is InChI=1S/C8H11N7O/c1-6(4-15-3-2-9-5-15)10-8(16)7-11-13-14-12-7/h2-3,5-6H,4H2,1H3,(H,10,16)(H,11,12,13,14). The van der Waals surface area contributed by atoms with Crippen LogP contribution >= 0.6 is 0 Å². The molecule has 0 radical (unpaired) electrons. The summed E-state index contributed by atoms with van der Waals surface area (Å²) >= 11 is 0. The van der Waals surface area contributed by atoms with Gasteiger partial charge in [0.2, 0.25) is 0 Å². The zero-order valence-electron chi connectivity index (χ0n) is 8.66. The van der Waals surface area contributed by atoms with Crippen LogP contribution in [-0.4, -0.2) is 42.1 Å². The Hall–Kier alpha value is -2.25. The lowest BCUT2D eigenvalue weighted by Crippen LogP contribution is -2.36. The van der Waals surface area contributed by atoms with Crippen LogP contribution in [0.3, 0.4) is 0 Å². The molecule has 8 heteroatoms. The first-order chi connectivity index (χ1) is 7.75. The summed E-state index contributed by atoms with van der Waals surface area (Å²) in [5.41, 5.74) is 0. The molecule has 0 saturated heterocycles. The molecule has 2 N–H and O–H groups in total. The molecule has 2 aromatic heterocycles. The lowest BCUT2D eigenvalue weighted by Gasteiger charge is -2.12. The molecule has 1 amide bonds. The third-order valence-electron chi connectivity index (χ3n) is 1.97. The minimum atomic E-state index is -0.346. The number of amides is 1. The SMILES string of the molecule is CC(Cn1ccnc1)NC(=O)c1nn[nH]n1. The second-order valence-corrected chi connectivity index (χ2v) is 3.37. The number of nitrogens with one attached hydrogen (secondary N) is 2. The van der Waals surface area contributed by atoms with Gasteiger partial charge in [0.05, 0.1) is 6.33 Å². The van der Waals surface area contributed by atoms with E-state index in [0.29, 0.717) is 6.54 Å². The fourth-order valence-electron chi connectivity index (χ4n) is 1.30. The van der Waals surface area contributed by atoms with Crippen molar-refractivity contribution in [2.45, 2.75) is 19.5 Å². The third-order valence-corrected chi connectivity index (χ3v) is 1.97. The highest BCUT2D eigenvalue weighted by Gasteiger charge is 2.13. The number of aromatic nitrogens is 6. The summed E-state index contributed by atoms with van der Waals surface area (Å²) in [7, 11) is 0. The predicted octanol–water partition coefficient (Wildman–Crippen LogP) is -0.785. The molecule has 1 atom stereocenters. The molecular formula is C8H11N7O. The van der Waals surface area contributed by atoms with Gasteiger partial charge in [-0.3, -0.25) is 4.79 Å². The second-order valence-electron chi connectivity index (χ2n) is 3.37. The predicted molar refractivity (Wildman–Crippen MR) is 53.3 cm³/mol. The van der Waals surface area contributed by atoms with E-state index in [0.717, 1.165) is 0 Å². The summed E-state index contributed by atoms with van der Waals surface area (Å²) in [4.78, 5) is 15.4. The Morgan fingerprint density at radius 1 is 1.69 bits per heavy atom. The molecule has 0 aliphatic rings. The van der Waals surface area contributed by atoms with Gasteiger partial charge in [-0.25, -0.2) is 4.98 Å². The number of hydrogen-bond acceptors (Lipinski definition) is 5. The molecular weight excluding hydrogens is 210 g/mol. The van der Waals surface area contributed by atoms with Gasteiger partial charge in [0.1, 0.15) is 0 Å². The number of aromatic amines is 1. The highest BCUT2D eigenvalue weighted by Crippen LogP contribution is 1.93. The molecule has 0 fully saturated rings. The number of H-pyrrole nitrogens is 1. The molecule has 0 bridgehead atoms.